The quantitative estimate of drug-likeness (QED) is 0.779. The predicted octanol–water partition coefficient (Wildman–Crippen LogP) is 3.72. The maximum Gasteiger partial charge on any atom is 0.103 e. The van der Waals surface area contributed by atoms with Crippen LogP contribution in [0, 0.1) is 11.3 Å². The van der Waals surface area contributed by atoms with Crippen molar-refractivity contribution in [2.24, 2.45) is 0 Å². The Bertz CT molecular complexity index is 773. The van der Waals surface area contributed by atoms with Crippen LogP contribution < -0.4 is 5.32 Å². The summed E-state index contributed by atoms with van der Waals surface area (Å²) in [4.78, 5) is 4.31. The molecule has 96 valence electrons. The van der Waals surface area contributed by atoms with Crippen molar-refractivity contribution in [3.8, 4) is 6.07 Å². The van der Waals surface area contributed by atoms with Crippen LogP contribution in [0.25, 0.3) is 10.9 Å². The number of para-hydroxylation sites is 1. The fraction of sp³-hybridized carbons (Fsp3) is 0.0588. The first kappa shape index (κ1) is 12.2. The Morgan fingerprint density at radius 2 is 1.75 bits per heavy atom. The molecule has 2 aromatic carbocycles. The molecule has 20 heavy (non-hydrogen) atoms. The molecule has 0 amide bonds. The first-order chi connectivity index (χ1) is 9.88. The zero-order valence-corrected chi connectivity index (χ0v) is 10.9. The number of nitrogens with zero attached hydrogens (tertiary/aromatic N) is 2. The highest BCUT2D eigenvalue weighted by atomic mass is 14.9. The highest BCUT2D eigenvalue weighted by Crippen LogP contribution is 2.25. The first-order valence-electron chi connectivity index (χ1n) is 6.44. The number of nitriles is 1. The number of hydrogen-bond acceptors (Lipinski definition) is 3. The minimum Gasteiger partial charge on any atom is -0.379 e. The number of fused-ring (bicyclic) bond motifs is 1. The van der Waals surface area contributed by atoms with Crippen molar-refractivity contribution in [2.75, 3.05) is 5.32 Å². The van der Waals surface area contributed by atoms with E-state index in [1.54, 1.807) is 6.20 Å². The molecule has 0 aliphatic rings. The molecule has 1 aromatic heterocycles. The molecule has 0 unspecified atom stereocenters. The van der Waals surface area contributed by atoms with Crippen LogP contribution in [0.2, 0.25) is 0 Å². The van der Waals surface area contributed by atoms with Crippen molar-refractivity contribution < 1.29 is 0 Å². The van der Waals surface area contributed by atoms with Gasteiger partial charge in [-0.15, -0.1) is 0 Å². The molecule has 3 nitrogen and oxygen atoms in total. The summed E-state index contributed by atoms with van der Waals surface area (Å²) >= 11 is 0. The smallest absolute Gasteiger partial charge is 0.103 e. The van der Waals surface area contributed by atoms with Gasteiger partial charge in [-0.2, -0.15) is 5.26 Å². The average Bonchev–Trinajstić information content (AvgIpc) is 2.53. The van der Waals surface area contributed by atoms with E-state index in [2.05, 4.69) is 28.5 Å². The fourth-order valence-corrected chi connectivity index (χ4v) is 2.20. The highest BCUT2D eigenvalue weighted by Gasteiger charge is 2.07. The minimum absolute atomic E-state index is 0.569. The van der Waals surface area contributed by atoms with Gasteiger partial charge < -0.3 is 5.32 Å². The van der Waals surface area contributed by atoms with Crippen LogP contribution in [0.3, 0.4) is 0 Å². The molecular formula is C17H13N3. The maximum absolute atomic E-state index is 9.25. The number of anilines is 1. The molecule has 3 aromatic rings. The average molecular weight is 259 g/mol. The Balaban J connectivity index is 1.99. The molecule has 3 heteroatoms. The van der Waals surface area contributed by atoms with Gasteiger partial charge in [-0.1, -0.05) is 48.5 Å². The van der Waals surface area contributed by atoms with Gasteiger partial charge in [0.05, 0.1) is 16.8 Å². The van der Waals surface area contributed by atoms with Crippen molar-refractivity contribution in [2.45, 2.75) is 6.54 Å². The molecule has 0 aliphatic heterocycles. The normalized spacial score (nSPS) is 10.2. The Morgan fingerprint density at radius 1 is 1.00 bits per heavy atom. The van der Waals surface area contributed by atoms with Gasteiger partial charge in [-0.05, 0) is 11.6 Å². The Morgan fingerprint density at radius 3 is 2.55 bits per heavy atom. The van der Waals surface area contributed by atoms with E-state index in [1.807, 2.05) is 42.5 Å². The summed E-state index contributed by atoms with van der Waals surface area (Å²) in [5.74, 6) is 0. The second-order valence-electron chi connectivity index (χ2n) is 4.51. The first-order valence-corrected chi connectivity index (χ1v) is 6.44. The summed E-state index contributed by atoms with van der Waals surface area (Å²) in [6.45, 7) is 0.684. The second-order valence-corrected chi connectivity index (χ2v) is 4.51. The Labute approximate surface area is 117 Å². The molecule has 0 saturated heterocycles. The van der Waals surface area contributed by atoms with E-state index in [-0.39, 0.29) is 0 Å². The summed E-state index contributed by atoms with van der Waals surface area (Å²) in [5, 5.41) is 13.6. The third-order valence-corrected chi connectivity index (χ3v) is 3.21. The number of benzene rings is 2. The van der Waals surface area contributed by atoms with Crippen LogP contribution in [0.5, 0.6) is 0 Å². The van der Waals surface area contributed by atoms with Crippen molar-refractivity contribution >= 4 is 16.6 Å². The van der Waals surface area contributed by atoms with Crippen LogP contribution >= 0.6 is 0 Å². The SMILES string of the molecule is N#Cc1cnc2ccccc2c1NCc1ccccc1. The molecule has 0 atom stereocenters. The highest BCUT2D eigenvalue weighted by molar-refractivity contribution is 5.93. The second kappa shape index (κ2) is 5.41. The van der Waals surface area contributed by atoms with Gasteiger partial charge in [0, 0.05) is 18.1 Å². The largest absolute Gasteiger partial charge is 0.379 e. The summed E-state index contributed by atoms with van der Waals surface area (Å²) in [6, 6.07) is 20.2. The molecule has 0 radical (unpaired) electrons. The third kappa shape index (κ3) is 2.32. The summed E-state index contributed by atoms with van der Waals surface area (Å²) in [6.07, 6.45) is 1.62. The van der Waals surface area contributed by atoms with Gasteiger partial charge in [0.1, 0.15) is 6.07 Å². The van der Waals surface area contributed by atoms with E-state index >= 15 is 0 Å². The molecule has 1 N–H and O–H groups in total. The van der Waals surface area contributed by atoms with E-state index < -0.39 is 0 Å². The lowest BCUT2D eigenvalue weighted by atomic mass is 10.1. The van der Waals surface area contributed by atoms with Crippen LogP contribution in [0.1, 0.15) is 11.1 Å². The lowest BCUT2D eigenvalue weighted by Gasteiger charge is -2.11. The van der Waals surface area contributed by atoms with E-state index in [0.29, 0.717) is 12.1 Å². The van der Waals surface area contributed by atoms with Gasteiger partial charge in [-0.3, -0.25) is 4.98 Å². The predicted molar refractivity (Wildman–Crippen MR) is 80.2 cm³/mol. The summed E-state index contributed by atoms with van der Waals surface area (Å²) in [5.41, 5.74) is 3.49. The van der Waals surface area contributed by atoms with Gasteiger partial charge in [0.25, 0.3) is 0 Å². The zero-order chi connectivity index (χ0) is 13.8. The lowest BCUT2D eigenvalue weighted by molar-refractivity contribution is 1.15. The van der Waals surface area contributed by atoms with E-state index in [1.165, 1.54) is 5.56 Å². The third-order valence-electron chi connectivity index (χ3n) is 3.21. The Hall–Kier alpha value is -2.86. The number of aromatic nitrogens is 1. The van der Waals surface area contributed by atoms with E-state index in [4.69, 9.17) is 0 Å². The molecule has 0 saturated carbocycles. The monoisotopic (exact) mass is 259 g/mol. The van der Waals surface area contributed by atoms with Gasteiger partial charge in [-0.25, -0.2) is 0 Å². The fourth-order valence-electron chi connectivity index (χ4n) is 2.20. The van der Waals surface area contributed by atoms with Crippen molar-refractivity contribution in [1.29, 1.82) is 5.26 Å². The summed E-state index contributed by atoms with van der Waals surface area (Å²) in [7, 11) is 0. The van der Waals surface area contributed by atoms with Crippen LogP contribution in [0.4, 0.5) is 5.69 Å². The van der Waals surface area contributed by atoms with Crippen molar-refractivity contribution in [1.82, 2.24) is 4.98 Å². The minimum atomic E-state index is 0.569. The Kier molecular flexibility index (Phi) is 3.30. The molecular weight excluding hydrogens is 246 g/mol. The van der Waals surface area contributed by atoms with Gasteiger partial charge in [0.2, 0.25) is 0 Å². The number of pyridine rings is 1. The van der Waals surface area contributed by atoms with Crippen LogP contribution in [0.15, 0.2) is 60.8 Å². The van der Waals surface area contributed by atoms with E-state index in [0.717, 1.165) is 16.6 Å². The zero-order valence-electron chi connectivity index (χ0n) is 10.9. The molecule has 0 aliphatic carbocycles. The van der Waals surface area contributed by atoms with E-state index in [9.17, 15) is 5.26 Å². The lowest BCUT2D eigenvalue weighted by Crippen LogP contribution is -2.02. The standard InChI is InChI=1S/C17H13N3/c18-10-14-12-19-16-9-5-4-8-15(16)17(14)20-11-13-6-2-1-3-7-13/h1-9,12H,11H2,(H,19,20). The van der Waals surface area contributed by atoms with Gasteiger partial charge >= 0.3 is 0 Å². The summed E-state index contributed by atoms with van der Waals surface area (Å²) < 4.78 is 0. The van der Waals surface area contributed by atoms with Crippen LogP contribution in [-0.2, 0) is 6.54 Å². The molecule has 0 spiro atoms. The maximum atomic E-state index is 9.25. The van der Waals surface area contributed by atoms with Crippen molar-refractivity contribution in [3.63, 3.8) is 0 Å². The molecule has 0 bridgehead atoms. The number of rotatable bonds is 3. The van der Waals surface area contributed by atoms with Crippen LogP contribution in [-0.4, -0.2) is 4.98 Å². The van der Waals surface area contributed by atoms with Gasteiger partial charge in [0.15, 0.2) is 0 Å². The van der Waals surface area contributed by atoms with Crippen molar-refractivity contribution in [3.05, 3.63) is 71.9 Å². The topological polar surface area (TPSA) is 48.7 Å². The molecule has 1 heterocycles. The molecule has 0 fully saturated rings. The number of hydrogen-bond donors (Lipinski definition) is 1. The molecule has 3 rings (SSSR count). The number of nitrogens with one attached hydrogen (secondary N) is 1.